The van der Waals surface area contributed by atoms with Crippen molar-refractivity contribution in [2.45, 2.75) is 96.8 Å². The molecule has 328 valence electrons. The molecule has 0 aliphatic carbocycles. The van der Waals surface area contributed by atoms with E-state index in [0.717, 1.165) is 12.8 Å². The van der Waals surface area contributed by atoms with Crippen LogP contribution in [-0.4, -0.2) is 32.3 Å². The van der Waals surface area contributed by atoms with Gasteiger partial charge in [0.1, 0.15) is 0 Å². The van der Waals surface area contributed by atoms with Crippen molar-refractivity contribution < 1.29 is 25.8 Å². The number of hydrogen-bond acceptors (Lipinski definition) is 0. The average Bonchev–Trinajstić information content (AvgIpc) is 3.86. The van der Waals surface area contributed by atoms with Crippen molar-refractivity contribution in [2.24, 2.45) is 0 Å². The van der Waals surface area contributed by atoms with Gasteiger partial charge in [-0.25, -0.2) is 0 Å². The summed E-state index contributed by atoms with van der Waals surface area (Å²) in [6, 6.07) is 62.1. The predicted molar refractivity (Wildman–Crippen MR) is 296 cm³/mol. The first kappa shape index (κ1) is 51.3. The van der Waals surface area contributed by atoms with Gasteiger partial charge in [0.25, 0.3) is 0 Å². The molecule has 64 heavy (non-hydrogen) atoms. The fourth-order valence-corrected chi connectivity index (χ4v) is 14.3. The monoisotopic (exact) mass is 1070 g/mol. The van der Waals surface area contributed by atoms with Gasteiger partial charge in [0, 0.05) is 0 Å². The molecule has 0 bridgehead atoms. The van der Waals surface area contributed by atoms with Crippen molar-refractivity contribution >= 4 is 74.6 Å². The molecule has 5 heteroatoms. The largest absolute Gasteiger partial charge is 4.00 e. The predicted octanol–water partition coefficient (Wildman–Crippen LogP) is 14.6. The van der Waals surface area contributed by atoms with E-state index in [9.17, 15) is 0 Å². The summed E-state index contributed by atoms with van der Waals surface area (Å²) >= 11 is 0. The number of hydrogen-bond donors (Lipinski definition) is 0. The number of rotatable bonds is 12. The first-order valence-electron chi connectivity index (χ1n) is 22.5. The molecule has 8 aromatic rings. The molecule has 0 fully saturated rings. The van der Waals surface area contributed by atoms with Crippen LogP contribution in [0.15, 0.2) is 158 Å². The van der Waals surface area contributed by atoms with Crippen LogP contribution in [0.2, 0.25) is 78.6 Å². The average molecular weight is 1070 g/mol. The standard InChI is InChI=1S/C57H66Si4.2CH3.Hf/c1-58(2,3)49-31-45(32-50(37-49)59(4,5)6)53-27-19-25-43-29-47(35-55(43)53)57(39-41-21-15-13-16-22-41,40-42-23-17-14-18-24-42)48-30-44-26-20-28-54(56(44)36-48)46-33-51(60(7,8)9)38-52(34-46)61(10,11)12;;;/h13-38H,39-40H2,1-12H3;2*1H3;/q-2;2*-1;+4. The van der Waals surface area contributed by atoms with Crippen LogP contribution in [0, 0.1) is 14.9 Å². The second-order valence-electron chi connectivity index (χ2n) is 22.1. The zero-order valence-corrected chi connectivity index (χ0v) is 49.0. The van der Waals surface area contributed by atoms with Gasteiger partial charge in [-0.2, -0.15) is 12.1 Å². The van der Waals surface area contributed by atoms with E-state index in [1.807, 2.05) is 0 Å². The van der Waals surface area contributed by atoms with Crippen molar-refractivity contribution in [3.05, 3.63) is 195 Å². The molecule has 0 N–H and O–H groups in total. The van der Waals surface area contributed by atoms with Gasteiger partial charge in [-0.15, -0.1) is 69.1 Å². The Morgan fingerprint density at radius 2 is 0.688 bits per heavy atom. The van der Waals surface area contributed by atoms with Crippen LogP contribution < -0.4 is 20.7 Å². The van der Waals surface area contributed by atoms with Crippen LogP contribution in [0.25, 0.3) is 43.8 Å². The molecule has 0 saturated heterocycles. The Morgan fingerprint density at radius 1 is 0.375 bits per heavy atom. The van der Waals surface area contributed by atoms with Gasteiger partial charge >= 0.3 is 25.8 Å². The maximum Gasteiger partial charge on any atom is 4.00 e. The Bertz CT molecular complexity index is 2570. The van der Waals surface area contributed by atoms with Crippen LogP contribution in [0.1, 0.15) is 22.3 Å². The minimum Gasteiger partial charge on any atom is -0.358 e. The van der Waals surface area contributed by atoms with E-state index < -0.39 is 32.3 Å². The third-order valence-electron chi connectivity index (χ3n) is 13.3. The molecule has 0 heterocycles. The summed E-state index contributed by atoms with van der Waals surface area (Å²) in [5, 5.41) is 11.6. The third-order valence-corrected chi connectivity index (χ3v) is 21.3. The maximum absolute atomic E-state index is 2.59. The Hall–Kier alpha value is -3.72. The molecule has 0 aliphatic heterocycles. The summed E-state index contributed by atoms with van der Waals surface area (Å²) in [7, 11) is -6.30. The van der Waals surface area contributed by atoms with Crippen LogP contribution in [-0.2, 0) is 44.1 Å². The van der Waals surface area contributed by atoms with Crippen LogP contribution in [0.5, 0.6) is 0 Å². The van der Waals surface area contributed by atoms with Gasteiger partial charge in [0.2, 0.25) is 0 Å². The molecule has 0 aliphatic rings. The smallest absolute Gasteiger partial charge is 0.358 e. The minimum atomic E-state index is -1.58. The Kier molecular flexibility index (Phi) is 15.4. The van der Waals surface area contributed by atoms with E-state index in [2.05, 4.69) is 236 Å². The van der Waals surface area contributed by atoms with Crippen molar-refractivity contribution in [1.29, 1.82) is 0 Å². The van der Waals surface area contributed by atoms with Crippen molar-refractivity contribution in [2.75, 3.05) is 0 Å². The zero-order chi connectivity index (χ0) is 43.5. The van der Waals surface area contributed by atoms with E-state index in [1.165, 1.54) is 66.1 Å². The SMILES string of the molecule is C[Si](C)(C)c1cc(-c2cccc3[cH-]c(C(Cc4ccccc4)(Cc4ccccc4)c4cc5c(-c6cc([Si](C)(C)C)cc([Si](C)(C)C)c6)cccc5[cH-]4)cc23)cc([Si](C)(C)C)c1.[CH3-].[CH3-].[Hf+4]. The second kappa shape index (κ2) is 19.2. The summed E-state index contributed by atoms with van der Waals surface area (Å²) in [5.74, 6) is 0. The third kappa shape index (κ3) is 10.6. The van der Waals surface area contributed by atoms with Gasteiger partial charge in [0.15, 0.2) is 0 Å². The molecular formula is C59H72HfSi4. The van der Waals surface area contributed by atoms with Gasteiger partial charge in [-0.1, -0.05) is 220 Å². The van der Waals surface area contributed by atoms with Gasteiger partial charge < -0.3 is 14.9 Å². The summed E-state index contributed by atoms with van der Waals surface area (Å²) in [5.41, 5.74) is 10.6. The summed E-state index contributed by atoms with van der Waals surface area (Å²) < 4.78 is 0. The first-order valence-corrected chi connectivity index (χ1v) is 36.5. The molecule has 0 unspecified atom stereocenters. The minimum absolute atomic E-state index is 0. The van der Waals surface area contributed by atoms with Crippen LogP contribution >= 0.6 is 0 Å². The summed E-state index contributed by atoms with van der Waals surface area (Å²) in [6.07, 6.45) is 1.80. The maximum atomic E-state index is 2.59. The van der Waals surface area contributed by atoms with E-state index in [0.29, 0.717) is 0 Å². The Morgan fingerprint density at radius 3 is 0.984 bits per heavy atom. The van der Waals surface area contributed by atoms with Gasteiger partial charge in [-0.3, -0.25) is 0 Å². The van der Waals surface area contributed by atoms with Crippen LogP contribution in [0.3, 0.4) is 0 Å². The fourth-order valence-electron chi connectivity index (χ4n) is 9.35. The topological polar surface area (TPSA) is 0 Å². The summed E-state index contributed by atoms with van der Waals surface area (Å²) in [4.78, 5) is 0. The van der Waals surface area contributed by atoms with Gasteiger partial charge in [0.05, 0.1) is 32.3 Å². The quantitative estimate of drug-likeness (QED) is 0.0845. The molecule has 0 saturated carbocycles. The number of fused-ring (bicyclic) bond motifs is 2. The molecular weight excluding hydrogens is 999 g/mol. The zero-order valence-electron chi connectivity index (χ0n) is 41.4. The summed E-state index contributed by atoms with van der Waals surface area (Å²) in [6.45, 7) is 29.9. The normalized spacial score (nSPS) is 12.4. The molecule has 0 radical (unpaired) electrons. The van der Waals surface area contributed by atoms with Crippen LogP contribution in [0.4, 0.5) is 0 Å². The Labute approximate surface area is 411 Å². The molecule has 8 rings (SSSR count). The first-order chi connectivity index (χ1) is 28.7. The molecule has 0 atom stereocenters. The van der Waals surface area contributed by atoms with E-state index in [-0.39, 0.29) is 46.1 Å². The molecule has 0 nitrogen and oxygen atoms in total. The van der Waals surface area contributed by atoms with Crippen molar-refractivity contribution in [1.82, 2.24) is 0 Å². The number of benzene rings is 6. The van der Waals surface area contributed by atoms with Crippen molar-refractivity contribution in [3.63, 3.8) is 0 Å². The molecule has 0 amide bonds. The fraction of sp³-hybridized carbons (Fsp3) is 0.254. The molecule has 0 spiro atoms. The second-order valence-corrected chi connectivity index (χ2v) is 42.4. The molecule has 8 aromatic carbocycles. The molecule has 0 aromatic heterocycles. The van der Waals surface area contributed by atoms with E-state index >= 15 is 0 Å². The Balaban J connectivity index is 0.00000257. The van der Waals surface area contributed by atoms with Gasteiger partial charge in [-0.05, 0) is 40.5 Å². The van der Waals surface area contributed by atoms with E-state index in [1.54, 1.807) is 20.7 Å². The van der Waals surface area contributed by atoms with Crippen molar-refractivity contribution in [3.8, 4) is 22.3 Å². The van der Waals surface area contributed by atoms with E-state index in [4.69, 9.17) is 0 Å².